The summed E-state index contributed by atoms with van der Waals surface area (Å²) in [5, 5.41) is 23.8. The number of aryl methyl sites for hydroxylation is 2. The van der Waals surface area contributed by atoms with E-state index in [9.17, 15) is 10.1 Å². The molecular formula is C18H17N5O2. The van der Waals surface area contributed by atoms with Crippen molar-refractivity contribution in [2.45, 2.75) is 33.2 Å². The van der Waals surface area contributed by atoms with Crippen molar-refractivity contribution in [3.05, 3.63) is 41.5 Å². The Hall–Kier alpha value is -3.27. The van der Waals surface area contributed by atoms with E-state index in [1.807, 2.05) is 19.9 Å². The van der Waals surface area contributed by atoms with Crippen molar-refractivity contribution in [3.8, 4) is 17.2 Å². The van der Waals surface area contributed by atoms with Gasteiger partial charge in [-0.25, -0.2) is 9.67 Å². The maximum absolute atomic E-state index is 11.1. The Bertz CT molecular complexity index is 1000. The molecule has 126 valence electrons. The topological polar surface area (TPSA) is 105 Å². The van der Waals surface area contributed by atoms with Gasteiger partial charge in [-0.05, 0) is 37.5 Å². The number of nitriles is 1. The molecule has 1 N–H and O–H groups in total. The van der Waals surface area contributed by atoms with Gasteiger partial charge in [0.1, 0.15) is 11.8 Å². The molecule has 7 heteroatoms. The summed E-state index contributed by atoms with van der Waals surface area (Å²) in [6.45, 7) is 4.51. The summed E-state index contributed by atoms with van der Waals surface area (Å²) < 4.78 is 1.73. The van der Waals surface area contributed by atoms with Crippen LogP contribution >= 0.6 is 0 Å². The van der Waals surface area contributed by atoms with Gasteiger partial charge in [-0.3, -0.25) is 9.78 Å². The van der Waals surface area contributed by atoms with Crippen LogP contribution in [-0.4, -0.2) is 30.8 Å². The van der Waals surface area contributed by atoms with Crippen LogP contribution in [0.4, 0.5) is 0 Å². The summed E-state index contributed by atoms with van der Waals surface area (Å²) in [6.07, 6.45) is 5.34. The van der Waals surface area contributed by atoms with Crippen molar-refractivity contribution in [1.82, 2.24) is 19.7 Å². The Kier molecular flexibility index (Phi) is 4.44. The van der Waals surface area contributed by atoms with E-state index >= 15 is 0 Å². The molecule has 3 aromatic heterocycles. The maximum Gasteiger partial charge on any atom is 0.303 e. The lowest BCUT2D eigenvalue weighted by Crippen LogP contribution is -2.06. The van der Waals surface area contributed by atoms with E-state index in [1.165, 1.54) is 0 Å². The van der Waals surface area contributed by atoms with Crippen molar-refractivity contribution in [3.63, 3.8) is 0 Å². The molecule has 0 unspecified atom stereocenters. The smallest absolute Gasteiger partial charge is 0.303 e. The van der Waals surface area contributed by atoms with Crippen molar-refractivity contribution < 1.29 is 9.90 Å². The quantitative estimate of drug-likeness (QED) is 0.768. The normalized spacial score (nSPS) is 10.8. The summed E-state index contributed by atoms with van der Waals surface area (Å²) in [4.78, 5) is 19.7. The van der Waals surface area contributed by atoms with Gasteiger partial charge in [-0.15, -0.1) is 0 Å². The first-order chi connectivity index (χ1) is 12.0. The van der Waals surface area contributed by atoms with E-state index in [4.69, 9.17) is 5.11 Å². The first-order valence-corrected chi connectivity index (χ1v) is 7.97. The fourth-order valence-electron chi connectivity index (χ4n) is 2.95. The molecule has 25 heavy (non-hydrogen) atoms. The third-order valence-electron chi connectivity index (χ3n) is 4.04. The highest BCUT2D eigenvalue weighted by atomic mass is 16.4. The number of aliphatic carboxylic acids is 1. The Labute approximate surface area is 144 Å². The molecule has 0 radical (unpaired) electrons. The van der Waals surface area contributed by atoms with E-state index in [2.05, 4.69) is 21.1 Å². The molecule has 3 rings (SSSR count). The first-order valence-electron chi connectivity index (χ1n) is 7.97. The van der Waals surface area contributed by atoms with Crippen LogP contribution < -0.4 is 0 Å². The van der Waals surface area contributed by atoms with Crippen LogP contribution in [0.15, 0.2) is 24.7 Å². The molecule has 0 aliphatic heterocycles. The standard InChI is InChI=1S/C18H17N5O2/c1-3-23-18-14(10-21-23)17(12-6-11(2)8-20-9-12)13(4-5-16(24)25)15(7-19)22-18/h6,8-10H,3-5H2,1-2H3,(H,24,25). The molecule has 3 heterocycles. The van der Waals surface area contributed by atoms with Crippen molar-refractivity contribution in [2.24, 2.45) is 0 Å². The third-order valence-corrected chi connectivity index (χ3v) is 4.04. The lowest BCUT2D eigenvalue weighted by molar-refractivity contribution is -0.136. The molecule has 0 saturated heterocycles. The first kappa shape index (κ1) is 16.6. The van der Waals surface area contributed by atoms with Crippen LogP contribution in [0.1, 0.15) is 30.2 Å². The monoisotopic (exact) mass is 335 g/mol. The number of carboxylic acid groups (broad SMARTS) is 1. The zero-order valence-electron chi connectivity index (χ0n) is 14.0. The van der Waals surface area contributed by atoms with Gasteiger partial charge in [-0.2, -0.15) is 10.4 Å². The number of fused-ring (bicyclic) bond motifs is 1. The molecule has 0 bridgehead atoms. The molecular weight excluding hydrogens is 318 g/mol. The predicted octanol–water partition coefficient (Wildman–Crippen LogP) is 2.71. The molecule has 0 fully saturated rings. The fraction of sp³-hybridized carbons (Fsp3) is 0.278. The maximum atomic E-state index is 11.1. The average molecular weight is 335 g/mol. The van der Waals surface area contributed by atoms with Gasteiger partial charge in [0.2, 0.25) is 0 Å². The summed E-state index contributed by atoms with van der Waals surface area (Å²) in [6, 6.07) is 4.08. The lowest BCUT2D eigenvalue weighted by Gasteiger charge is -2.13. The third kappa shape index (κ3) is 3.06. The van der Waals surface area contributed by atoms with E-state index in [0.29, 0.717) is 17.8 Å². The largest absolute Gasteiger partial charge is 0.481 e. The molecule has 0 atom stereocenters. The molecule has 3 aromatic rings. The SMILES string of the molecule is CCn1ncc2c(-c3cncc(C)c3)c(CCC(=O)O)c(C#N)nc21. The number of rotatable bonds is 5. The zero-order valence-corrected chi connectivity index (χ0v) is 14.0. The predicted molar refractivity (Wildman–Crippen MR) is 91.8 cm³/mol. The Morgan fingerprint density at radius 3 is 2.80 bits per heavy atom. The van der Waals surface area contributed by atoms with E-state index in [1.54, 1.807) is 23.3 Å². The summed E-state index contributed by atoms with van der Waals surface area (Å²) >= 11 is 0. The highest BCUT2D eigenvalue weighted by Crippen LogP contribution is 2.33. The fourth-order valence-corrected chi connectivity index (χ4v) is 2.95. The minimum atomic E-state index is -0.915. The number of carboxylic acids is 1. The Morgan fingerprint density at radius 1 is 1.36 bits per heavy atom. The molecule has 7 nitrogen and oxygen atoms in total. The molecule has 0 spiro atoms. The Morgan fingerprint density at radius 2 is 2.16 bits per heavy atom. The molecule has 0 aliphatic carbocycles. The number of aromatic nitrogens is 4. The van der Waals surface area contributed by atoms with Gasteiger partial charge >= 0.3 is 5.97 Å². The van der Waals surface area contributed by atoms with Crippen molar-refractivity contribution >= 4 is 17.0 Å². The van der Waals surface area contributed by atoms with Crippen LogP contribution in [-0.2, 0) is 17.8 Å². The van der Waals surface area contributed by atoms with Crippen LogP contribution in [0.25, 0.3) is 22.2 Å². The minimum absolute atomic E-state index is 0.0734. The van der Waals surface area contributed by atoms with Crippen LogP contribution in [0.5, 0.6) is 0 Å². The number of hydrogen-bond acceptors (Lipinski definition) is 5. The van der Waals surface area contributed by atoms with Gasteiger partial charge in [0.25, 0.3) is 0 Å². The van der Waals surface area contributed by atoms with Gasteiger partial charge in [0.15, 0.2) is 5.65 Å². The molecule has 0 saturated carbocycles. The van der Waals surface area contributed by atoms with E-state index in [0.717, 1.165) is 22.1 Å². The Balaban J connectivity index is 2.35. The number of nitrogens with zero attached hydrogens (tertiary/aromatic N) is 5. The second-order valence-electron chi connectivity index (χ2n) is 5.77. The molecule has 0 aromatic carbocycles. The summed E-state index contributed by atoms with van der Waals surface area (Å²) in [7, 11) is 0. The highest BCUT2D eigenvalue weighted by Gasteiger charge is 2.20. The zero-order chi connectivity index (χ0) is 18.0. The van der Waals surface area contributed by atoms with Gasteiger partial charge < -0.3 is 5.11 Å². The second-order valence-corrected chi connectivity index (χ2v) is 5.77. The van der Waals surface area contributed by atoms with E-state index in [-0.39, 0.29) is 18.5 Å². The average Bonchev–Trinajstić information content (AvgIpc) is 3.01. The van der Waals surface area contributed by atoms with Crippen LogP contribution in [0, 0.1) is 18.3 Å². The lowest BCUT2D eigenvalue weighted by atomic mass is 9.94. The molecule has 0 amide bonds. The molecule has 0 aliphatic rings. The number of hydrogen-bond donors (Lipinski definition) is 1. The van der Waals surface area contributed by atoms with Crippen LogP contribution in [0.2, 0.25) is 0 Å². The summed E-state index contributed by atoms with van der Waals surface area (Å²) in [5.74, 6) is -0.915. The minimum Gasteiger partial charge on any atom is -0.481 e. The van der Waals surface area contributed by atoms with Crippen molar-refractivity contribution in [1.29, 1.82) is 5.26 Å². The van der Waals surface area contributed by atoms with Gasteiger partial charge in [0, 0.05) is 41.9 Å². The van der Waals surface area contributed by atoms with Gasteiger partial charge in [0.05, 0.1) is 6.20 Å². The van der Waals surface area contributed by atoms with Gasteiger partial charge in [-0.1, -0.05) is 0 Å². The van der Waals surface area contributed by atoms with Crippen molar-refractivity contribution in [2.75, 3.05) is 0 Å². The number of carbonyl (C=O) groups is 1. The van der Waals surface area contributed by atoms with Crippen LogP contribution in [0.3, 0.4) is 0 Å². The summed E-state index contributed by atoms with van der Waals surface area (Å²) in [5.41, 5.74) is 4.09. The second kappa shape index (κ2) is 6.69. The number of pyridine rings is 2. The highest BCUT2D eigenvalue weighted by molar-refractivity contribution is 5.95. The van der Waals surface area contributed by atoms with E-state index < -0.39 is 5.97 Å².